The zero-order valence-electron chi connectivity index (χ0n) is 3.70. The molecule has 5 heteroatoms. The number of thioether (sulfide) groups is 1. The van der Waals surface area contributed by atoms with E-state index in [0.29, 0.717) is 0 Å². The summed E-state index contributed by atoms with van der Waals surface area (Å²) in [6.45, 7) is 0. The van der Waals surface area contributed by atoms with Crippen LogP contribution in [0.1, 0.15) is 0 Å². The van der Waals surface area contributed by atoms with Crippen molar-refractivity contribution in [2.75, 3.05) is 5.88 Å². The summed E-state index contributed by atoms with van der Waals surface area (Å²) >= 11 is 16.8. The average molecular weight is 190 g/mol. The fraction of sp³-hybridized carbons (Fsp3) is 0.667. The van der Waals surface area contributed by atoms with E-state index in [1.54, 1.807) is 5.40 Å². The summed E-state index contributed by atoms with van der Waals surface area (Å²) in [5.41, 5.74) is 0. The first kappa shape index (κ1) is 8.71. The summed E-state index contributed by atoms with van der Waals surface area (Å²) in [5, 5.41) is 9.75. The van der Waals surface area contributed by atoms with E-state index in [2.05, 4.69) is 0 Å². The maximum atomic E-state index is 8.02. The van der Waals surface area contributed by atoms with Gasteiger partial charge in [0.25, 0.3) is 0 Å². The molecule has 8 heavy (non-hydrogen) atoms. The van der Waals surface area contributed by atoms with Crippen LogP contribution in [0.25, 0.3) is 0 Å². The Morgan fingerprint density at radius 2 is 2.12 bits per heavy atom. The summed E-state index contributed by atoms with van der Waals surface area (Å²) in [6.07, 6.45) is 0. The van der Waals surface area contributed by atoms with E-state index >= 15 is 0 Å². The zero-order valence-corrected chi connectivity index (χ0v) is 6.78. The lowest BCUT2D eigenvalue weighted by atomic mass is 10.9. The zero-order chi connectivity index (χ0) is 6.62. The van der Waals surface area contributed by atoms with E-state index in [4.69, 9.17) is 40.1 Å². The molecule has 0 amide bonds. The van der Waals surface area contributed by atoms with Gasteiger partial charge >= 0.3 is 0 Å². The Kier molecular flexibility index (Phi) is 4.01. The van der Waals surface area contributed by atoms with Gasteiger partial charge in [-0.15, -0.1) is 11.6 Å². The second-order valence-corrected chi connectivity index (χ2v) is 4.25. The Hall–Kier alpha value is 0.710. The molecule has 0 saturated carbocycles. The van der Waals surface area contributed by atoms with E-state index < -0.39 is 3.67 Å². The van der Waals surface area contributed by atoms with Crippen LogP contribution in [0.5, 0.6) is 0 Å². The lowest BCUT2D eigenvalue weighted by molar-refractivity contribution is 1.30. The molecule has 0 N–H and O–H groups in total. The van der Waals surface area contributed by atoms with Crippen molar-refractivity contribution in [3.05, 3.63) is 0 Å². The topological polar surface area (TPSA) is 23.8 Å². The van der Waals surface area contributed by atoms with Crippen LogP contribution in [0.3, 0.4) is 0 Å². The number of thiocyanates is 1. The normalized spacial score (nSPS) is 10.8. The van der Waals surface area contributed by atoms with Gasteiger partial charge in [0.15, 0.2) is 3.67 Å². The van der Waals surface area contributed by atoms with Gasteiger partial charge in [-0.3, -0.25) is 0 Å². The van der Waals surface area contributed by atoms with Gasteiger partial charge in [0.2, 0.25) is 0 Å². The van der Waals surface area contributed by atoms with Gasteiger partial charge in [-0.1, -0.05) is 23.2 Å². The number of hydrogen-bond donors (Lipinski definition) is 0. The maximum absolute atomic E-state index is 8.02. The molecule has 0 saturated heterocycles. The van der Waals surface area contributed by atoms with Crippen LogP contribution in [0, 0.1) is 10.7 Å². The van der Waals surface area contributed by atoms with Crippen molar-refractivity contribution < 1.29 is 0 Å². The SMILES string of the molecule is N#CSC(Cl)(Cl)CCl. The molecule has 0 atom stereocenters. The van der Waals surface area contributed by atoms with E-state index in [9.17, 15) is 0 Å². The van der Waals surface area contributed by atoms with Crippen molar-refractivity contribution in [2.24, 2.45) is 0 Å². The van der Waals surface area contributed by atoms with Crippen molar-refractivity contribution in [2.45, 2.75) is 3.67 Å². The molecule has 0 fully saturated rings. The molecule has 0 aromatic heterocycles. The molecule has 0 radical (unpaired) electrons. The van der Waals surface area contributed by atoms with Crippen LogP contribution in [-0.2, 0) is 0 Å². The molecular formula is C3H2Cl3NS. The highest BCUT2D eigenvalue weighted by atomic mass is 35.5. The average Bonchev–Trinajstić information content (AvgIpc) is 1.67. The van der Waals surface area contributed by atoms with Gasteiger partial charge in [-0.25, -0.2) is 0 Å². The predicted octanol–water partition coefficient (Wildman–Crippen LogP) is 2.57. The summed E-state index contributed by atoms with van der Waals surface area (Å²) in [6, 6.07) is 0. The molecule has 1 nitrogen and oxygen atoms in total. The highest BCUT2D eigenvalue weighted by Crippen LogP contribution is 2.34. The highest BCUT2D eigenvalue weighted by molar-refractivity contribution is 8.07. The molecule has 0 bridgehead atoms. The Morgan fingerprint density at radius 1 is 1.62 bits per heavy atom. The number of halogens is 3. The molecule has 0 heterocycles. The van der Waals surface area contributed by atoms with Gasteiger partial charge in [0, 0.05) is 0 Å². The van der Waals surface area contributed by atoms with Crippen LogP contribution < -0.4 is 0 Å². The first-order valence-electron chi connectivity index (χ1n) is 1.63. The minimum atomic E-state index is -1.14. The van der Waals surface area contributed by atoms with Crippen LogP contribution in [0.2, 0.25) is 0 Å². The minimum Gasteiger partial charge on any atom is -0.185 e. The number of hydrogen-bond acceptors (Lipinski definition) is 2. The van der Waals surface area contributed by atoms with Gasteiger partial charge in [-0.2, -0.15) is 5.26 Å². The first-order valence-corrected chi connectivity index (χ1v) is 3.74. The van der Waals surface area contributed by atoms with Crippen molar-refractivity contribution in [1.29, 1.82) is 5.26 Å². The number of rotatable bonds is 2. The molecule has 46 valence electrons. The lowest BCUT2D eigenvalue weighted by Crippen LogP contribution is -2.06. The molecule has 0 aromatic carbocycles. The third-order valence-corrected chi connectivity index (χ3v) is 2.45. The van der Waals surface area contributed by atoms with Crippen LogP contribution in [0.4, 0.5) is 0 Å². The van der Waals surface area contributed by atoms with Crippen molar-refractivity contribution in [1.82, 2.24) is 0 Å². The second-order valence-electron chi connectivity index (χ2n) is 0.964. The summed E-state index contributed by atoms with van der Waals surface area (Å²) in [7, 11) is 0. The van der Waals surface area contributed by atoms with Gasteiger partial charge in [-0.05, 0) is 11.8 Å². The lowest BCUT2D eigenvalue weighted by Gasteiger charge is -2.07. The molecule has 0 aliphatic carbocycles. The van der Waals surface area contributed by atoms with Crippen LogP contribution >= 0.6 is 46.6 Å². The van der Waals surface area contributed by atoms with E-state index in [1.165, 1.54) is 0 Å². The summed E-state index contributed by atoms with van der Waals surface area (Å²) in [4.78, 5) is 0. The quantitative estimate of drug-likeness (QED) is 0.494. The standard InChI is InChI=1S/C3H2Cl3NS/c4-1-3(5,6)8-2-7/h1H2. The predicted molar refractivity (Wildman–Crippen MR) is 38.4 cm³/mol. The van der Waals surface area contributed by atoms with E-state index in [-0.39, 0.29) is 5.88 Å². The minimum absolute atomic E-state index is 0.0499. The smallest absolute Gasteiger partial charge is 0.185 e. The van der Waals surface area contributed by atoms with Crippen molar-refractivity contribution >= 4 is 46.6 Å². The van der Waals surface area contributed by atoms with E-state index in [0.717, 1.165) is 11.8 Å². The largest absolute Gasteiger partial charge is 0.190 e. The third-order valence-electron chi connectivity index (χ3n) is 0.351. The van der Waals surface area contributed by atoms with Crippen molar-refractivity contribution in [3.63, 3.8) is 0 Å². The number of nitriles is 1. The molecule has 0 rings (SSSR count). The van der Waals surface area contributed by atoms with Crippen molar-refractivity contribution in [3.8, 4) is 5.40 Å². The van der Waals surface area contributed by atoms with Crippen LogP contribution in [0.15, 0.2) is 0 Å². The molecule has 0 aliphatic heterocycles. The Balaban J connectivity index is 3.58. The summed E-state index contributed by atoms with van der Waals surface area (Å²) < 4.78 is -1.14. The molecular weight excluding hydrogens is 188 g/mol. The Labute approximate surface area is 66.9 Å². The Bertz CT molecular complexity index is 108. The monoisotopic (exact) mass is 189 g/mol. The van der Waals surface area contributed by atoms with Gasteiger partial charge in [0.1, 0.15) is 5.40 Å². The highest BCUT2D eigenvalue weighted by Gasteiger charge is 2.22. The number of alkyl halides is 3. The van der Waals surface area contributed by atoms with Gasteiger partial charge in [0.05, 0.1) is 5.88 Å². The Morgan fingerprint density at radius 3 is 2.25 bits per heavy atom. The molecule has 0 aromatic rings. The molecule has 0 spiro atoms. The first-order chi connectivity index (χ1) is 3.62. The second kappa shape index (κ2) is 3.68. The van der Waals surface area contributed by atoms with Crippen LogP contribution in [-0.4, -0.2) is 9.55 Å². The van der Waals surface area contributed by atoms with E-state index in [1.807, 2.05) is 0 Å². The number of nitrogens with zero attached hydrogens (tertiary/aromatic N) is 1. The maximum Gasteiger partial charge on any atom is 0.190 e. The fourth-order valence-corrected chi connectivity index (χ4v) is 0.653. The molecule has 0 aliphatic rings. The molecule has 0 unspecified atom stereocenters. The fourth-order valence-electron chi connectivity index (χ4n) is 0.0941. The van der Waals surface area contributed by atoms with Gasteiger partial charge < -0.3 is 0 Å². The third kappa shape index (κ3) is 3.68. The summed E-state index contributed by atoms with van der Waals surface area (Å²) in [5.74, 6) is 0.0499.